The molecule has 0 bridgehead atoms. The Morgan fingerprint density at radius 1 is 1.14 bits per heavy atom. The molecule has 1 amide bonds. The Bertz CT molecular complexity index is 1010. The molecule has 3 aromatic rings. The van der Waals surface area contributed by atoms with Gasteiger partial charge in [-0.1, -0.05) is 30.9 Å². The number of rotatable bonds is 4. The molecule has 2 aromatic heterocycles. The van der Waals surface area contributed by atoms with E-state index in [1.165, 1.54) is 19.3 Å². The molecule has 0 unspecified atom stereocenters. The third-order valence-electron chi connectivity index (χ3n) is 5.50. The number of nitrogens with one attached hydrogen (secondary N) is 1. The number of anilines is 1. The van der Waals surface area contributed by atoms with Crippen LogP contribution in [0.4, 0.5) is 5.69 Å². The molecule has 0 aliphatic heterocycles. The van der Waals surface area contributed by atoms with E-state index in [9.17, 15) is 4.79 Å². The van der Waals surface area contributed by atoms with Gasteiger partial charge in [0.05, 0.1) is 6.42 Å². The highest BCUT2D eigenvalue weighted by Crippen LogP contribution is 2.31. The van der Waals surface area contributed by atoms with Gasteiger partial charge in [-0.05, 0) is 51.0 Å². The summed E-state index contributed by atoms with van der Waals surface area (Å²) in [7, 11) is 0. The molecule has 1 aromatic carbocycles. The molecule has 2 heterocycles. The predicted octanol–water partition coefficient (Wildman–Crippen LogP) is 4.62. The predicted molar refractivity (Wildman–Crippen MR) is 110 cm³/mol. The zero-order chi connectivity index (χ0) is 19.7. The van der Waals surface area contributed by atoms with Crippen molar-refractivity contribution in [1.82, 2.24) is 19.6 Å². The van der Waals surface area contributed by atoms with E-state index in [1.807, 2.05) is 13.8 Å². The van der Waals surface area contributed by atoms with Crippen LogP contribution in [0.15, 0.2) is 24.3 Å². The summed E-state index contributed by atoms with van der Waals surface area (Å²) in [6.07, 6.45) is 6.30. The van der Waals surface area contributed by atoms with Gasteiger partial charge in [0, 0.05) is 33.6 Å². The average Bonchev–Trinajstić information content (AvgIpc) is 3.12. The highest BCUT2D eigenvalue weighted by Gasteiger charge is 2.22. The Morgan fingerprint density at radius 3 is 2.57 bits per heavy atom. The first kappa shape index (κ1) is 18.9. The van der Waals surface area contributed by atoms with Crippen LogP contribution in [0.2, 0.25) is 5.02 Å². The van der Waals surface area contributed by atoms with E-state index >= 15 is 0 Å². The molecular formula is C21H24ClN5O. The molecule has 0 radical (unpaired) electrons. The number of nitrogens with zero attached hydrogens (tertiary/aromatic N) is 4. The molecule has 0 spiro atoms. The minimum Gasteiger partial charge on any atom is -0.326 e. The van der Waals surface area contributed by atoms with E-state index in [4.69, 9.17) is 16.7 Å². The van der Waals surface area contributed by atoms with Crippen molar-refractivity contribution in [2.75, 3.05) is 5.32 Å². The monoisotopic (exact) mass is 397 g/mol. The van der Waals surface area contributed by atoms with E-state index in [2.05, 4.69) is 15.3 Å². The topological polar surface area (TPSA) is 72.2 Å². The normalized spacial score (nSPS) is 15.1. The number of carbonyl (C=O) groups is 1. The van der Waals surface area contributed by atoms with Gasteiger partial charge >= 0.3 is 0 Å². The summed E-state index contributed by atoms with van der Waals surface area (Å²) in [6.45, 7) is 3.90. The molecular weight excluding hydrogens is 374 g/mol. The van der Waals surface area contributed by atoms with Crippen LogP contribution in [0, 0.1) is 13.8 Å². The number of amides is 1. The Hall–Kier alpha value is -2.47. The molecule has 28 heavy (non-hydrogen) atoms. The number of aryl methyl sites for hydroxylation is 2. The number of benzene rings is 1. The third-order valence-corrected chi connectivity index (χ3v) is 5.75. The van der Waals surface area contributed by atoms with Crippen LogP contribution in [0.25, 0.3) is 5.78 Å². The lowest BCUT2D eigenvalue weighted by Crippen LogP contribution is -2.17. The maximum atomic E-state index is 12.5. The van der Waals surface area contributed by atoms with E-state index in [1.54, 1.807) is 28.8 Å². The van der Waals surface area contributed by atoms with E-state index < -0.39 is 0 Å². The maximum absolute atomic E-state index is 12.5. The van der Waals surface area contributed by atoms with Crippen LogP contribution in [0.3, 0.4) is 0 Å². The summed E-state index contributed by atoms with van der Waals surface area (Å²) < 4.78 is 1.79. The van der Waals surface area contributed by atoms with Crippen LogP contribution < -0.4 is 5.32 Å². The van der Waals surface area contributed by atoms with E-state index in [0.717, 1.165) is 41.3 Å². The van der Waals surface area contributed by atoms with Gasteiger partial charge in [0.1, 0.15) is 0 Å². The lowest BCUT2D eigenvalue weighted by molar-refractivity contribution is -0.115. The molecule has 1 aliphatic rings. The molecule has 0 atom stereocenters. The summed E-state index contributed by atoms with van der Waals surface area (Å²) in [6, 6.07) is 7.08. The zero-order valence-electron chi connectivity index (χ0n) is 16.2. The Morgan fingerprint density at radius 2 is 1.86 bits per heavy atom. The van der Waals surface area contributed by atoms with Crippen LogP contribution in [0.5, 0.6) is 0 Å². The van der Waals surface area contributed by atoms with Crippen molar-refractivity contribution in [1.29, 1.82) is 0 Å². The summed E-state index contributed by atoms with van der Waals surface area (Å²) >= 11 is 5.90. The number of hydrogen-bond acceptors (Lipinski definition) is 4. The van der Waals surface area contributed by atoms with E-state index in [0.29, 0.717) is 16.7 Å². The first-order valence-electron chi connectivity index (χ1n) is 9.79. The van der Waals surface area contributed by atoms with Crippen LogP contribution >= 0.6 is 11.6 Å². The van der Waals surface area contributed by atoms with Crippen molar-refractivity contribution >= 4 is 29.0 Å². The summed E-state index contributed by atoms with van der Waals surface area (Å²) in [5, 5.41) is 8.28. The molecule has 1 aliphatic carbocycles. The molecule has 0 saturated heterocycles. The number of halogens is 1. The fraction of sp³-hybridized carbons (Fsp3) is 0.429. The van der Waals surface area contributed by atoms with Gasteiger partial charge in [0.15, 0.2) is 5.82 Å². The molecule has 146 valence electrons. The standard InChI is InChI=1S/C21H24ClN5O/c1-13-18(12-19(28)24-17-10-8-16(22)9-11-17)14(2)27-21(23-13)25-20(26-27)15-6-4-3-5-7-15/h8-11,15H,3-7,12H2,1-2H3,(H,24,28). The number of fused-ring (bicyclic) bond motifs is 1. The molecule has 6 nitrogen and oxygen atoms in total. The van der Waals surface area contributed by atoms with Crippen LogP contribution in [0.1, 0.15) is 60.8 Å². The van der Waals surface area contributed by atoms with Crippen molar-refractivity contribution in [3.05, 3.63) is 52.1 Å². The highest BCUT2D eigenvalue weighted by atomic mass is 35.5. The van der Waals surface area contributed by atoms with Gasteiger partial charge in [-0.3, -0.25) is 4.79 Å². The van der Waals surface area contributed by atoms with Gasteiger partial charge in [-0.15, -0.1) is 5.10 Å². The van der Waals surface area contributed by atoms with E-state index in [-0.39, 0.29) is 12.3 Å². The average molecular weight is 398 g/mol. The Balaban J connectivity index is 1.57. The fourth-order valence-corrected chi connectivity index (χ4v) is 4.04. The maximum Gasteiger partial charge on any atom is 0.252 e. The van der Waals surface area contributed by atoms with Gasteiger partial charge < -0.3 is 5.32 Å². The lowest BCUT2D eigenvalue weighted by atomic mass is 9.89. The summed E-state index contributed by atoms with van der Waals surface area (Å²) in [4.78, 5) is 21.8. The molecule has 1 fully saturated rings. The highest BCUT2D eigenvalue weighted by molar-refractivity contribution is 6.30. The second-order valence-electron chi connectivity index (χ2n) is 7.51. The van der Waals surface area contributed by atoms with Gasteiger partial charge in [-0.25, -0.2) is 9.50 Å². The summed E-state index contributed by atoms with van der Waals surface area (Å²) in [5.74, 6) is 1.84. The fourth-order valence-electron chi connectivity index (χ4n) is 3.91. The first-order chi connectivity index (χ1) is 13.5. The Labute approximate surface area is 169 Å². The smallest absolute Gasteiger partial charge is 0.252 e. The largest absolute Gasteiger partial charge is 0.326 e. The number of carbonyl (C=O) groups excluding carboxylic acids is 1. The van der Waals surface area contributed by atoms with Gasteiger partial charge in [-0.2, -0.15) is 4.98 Å². The number of hydrogen-bond donors (Lipinski definition) is 1. The van der Waals surface area contributed by atoms with Crippen molar-refractivity contribution in [3.63, 3.8) is 0 Å². The third kappa shape index (κ3) is 3.87. The SMILES string of the molecule is Cc1nc2nc(C3CCCCC3)nn2c(C)c1CC(=O)Nc1ccc(Cl)cc1. The number of aromatic nitrogens is 4. The minimum absolute atomic E-state index is 0.0951. The van der Waals surface area contributed by atoms with Crippen LogP contribution in [-0.2, 0) is 11.2 Å². The summed E-state index contributed by atoms with van der Waals surface area (Å²) in [5.41, 5.74) is 3.35. The second-order valence-corrected chi connectivity index (χ2v) is 7.95. The van der Waals surface area contributed by atoms with Crippen molar-refractivity contribution in [3.8, 4) is 0 Å². The van der Waals surface area contributed by atoms with Gasteiger partial charge in [0.25, 0.3) is 5.78 Å². The first-order valence-corrected chi connectivity index (χ1v) is 10.2. The van der Waals surface area contributed by atoms with Gasteiger partial charge in [0.2, 0.25) is 5.91 Å². The molecule has 1 saturated carbocycles. The molecule has 4 rings (SSSR count). The molecule has 1 N–H and O–H groups in total. The minimum atomic E-state index is -0.0951. The Kier molecular flexibility index (Phi) is 5.31. The quantitative estimate of drug-likeness (QED) is 0.697. The van der Waals surface area contributed by atoms with Crippen LogP contribution in [-0.4, -0.2) is 25.5 Å². The van der Waals surface area contributed by atoms with Crippen molar-refractivity contribution in [2.45, 2.75) is 58.3 Å². The van der Waals surface area contributed by atoms with Crippen molar-refractivity contribution in [2.24, 2.45) is 0 Å². The lowest BCUT2D eigenvalue weighted by Gasteiger charge is -2.17. The zero-order valence-corrected chi connectivity index (χ0v) is 17.0. The van der Waals surface area contributed by atoms with Crippen molar-refractivity contribution < 1.29 is 4.79 Å². The second kappa shape index (κ2) is 7.87. The molecule has 7 heteroatoms.